The molecule has 1 aromatic carbocycles. The minimum atomic E-state index is -0.433. The van der Waals surface area contributed by atoms with Crippen molar-refractivity contribution in [3.63, 3.8) is 0 Å². The predicted octanol–water partition coefficient (Wildman–Crippen LogP) is 1.71. The third kappa shape index (κ3) is 3.10. The SMILES string of the molecule is O=c1cc(N2CCCCC2)[nH]c(=O)n1Cc1ccc(F)cc1. The Hall–Kier alpha value is -2.37. The third-order valence-electron chi connectivity index (χ3n) is 3.96. The van der Waals surface area contributed by atoms with Gasteiger partial charge in [-0.3, -0.25) is 14.3 Å². The van der Waals surface area contributed by atoms with Crippen molar-refractivity contribution in [2.45, 2.75) is 25.8 Å². The van der Waals surface area contributed by atoms with Gasteiger partial charge in [0.05, 0.1) is 6.54 Å². The number of benzene rings is 1. The first-order valence-corrected chi connectivity index (χ1v) is 7.47. The summed E-state index contributed by atoms with van der Waals surface area (Å²) in [7, 11) is 0. The van der Waals surface area contributed by atoms with E-state index in [9.17, 15) is 14.0 Å². The lowest BCUT2D eigenvalue weighted by Gasteiger charge is -2.28. The molecule has 0 spiro atoms. The molecule has 116 valence electrons. The van der Waals surface area contributed by atoms with Crippen LogP contribution < -0.4 is 16.1 Å². The van der Waals surface area contributed by atoms with Crippen LogP contribution in [0.5, 0.6) is 0 Å². The molecule has 1 aliphatic heterocycles. The second kappa shape index (κ2) is 6.17. The van der Waals surface area contributed by atoms with Crippen LogP contribution in [0.3, 0.4) is 0 Å². The van der Waals surface area contributed by atoms with Crippen molar-refractivity contribution in [1.82, 2.24) is 9.55 Å². The van der Waals surface area contributed by atoms with E-state index in [-0.39, 0.29) is 17.9 Å². The lowest BCUT2D eigenvalue weighted by Crippen LogP contribution is -2.39. The first-order chi connectivity index (χ1) is 10.6. The number of piperidine rings is 1. The van der Waals surface area contributed by atoms with Gasteiger partial charge in [0.25, 0.3) is 5.56 Å². The summed E-state index contributed by atoms with van der Waals surface area (Å²) in [6.07, 6.45) is 3.32. The van der Waals surface area contributed by atoms with Crippen LogP contribution in [-0.4, -0.2) is 22.6 Å². The van der Waals surface area contributed by atoms with Gasteiger partial charge in [-0.15, -0.1) is 0 Å². The fourth-order valence-corrected chi connectivity index (χ4v) is 2.74. The van der Waals surface area contributed by atoms with Crippen molar-refractivity contribution in [3.8, 4) is 0 Å². The molecule has 1 N–H and O–H groups in total. The van der Waals surface area contributed by atoms with Gasteiger partial charge >= 0.3 is 5.69 Å². The van der Waals surface area contributed by atoms with Gasteiger partial charge in [-0.2, -0.15) is 0 Å². The van der Waals surface area contributed by atoms with Gasteiger partial charge in [0.2, 0.25) is 0 Å². The summed E-state index contributed by atoms with van der Waals surface area (Å²) in [5.74, 6) is 0.246. The normalized spacial score (nSPS) is 15.0. The minimum Gasteiger partial charge on any atom is -0.358 e. The van der Waals surface area contributed by atoms with E-state index in [0.717, 1.165) is 30.5 Å². The number of anilines is 1. The molecular formula is C16H18FN3O2. The van der Waals surface area contributed by atoms with Crippen molar-refractivity contribution < 1.29 is 4.39 Å². The average Bonchev–Trinajstić information content (AvgIpc) is 2.53. The molecule has 1 aliphatic rings. The molecule has 6 heteroatoms. The number of hydrogen-bond acceptors (Lipinski definition) is 3. The van der Waals surface area contributed by atoms with E-state index in [1.165, 1.54) is 24.6 Å². The number of nitrogens with zero attached hydrogens (tertiary/aromatic N) is 2. The van der Waals surface area contributed by atoms with Gasteiger partial charge in [0, 0.05) is 19.2 Å². The summed E-state index contributed by atoms with van der Waals surface area (Å²) >= 11 is 0. The Morgan fingerprint density at radius 2 is 1.73 bits per heavy atom. The molecular weight excluding hydrogens is 285 g/mol. The summed E-state index contributed by atoms with van der Waals surface area (Å²) in [6.45, 7) is 1.85. The van der Waals surface area contributed by atoms with Crippen LogP contribution >= 0.6 is 0 Å². The zero-order valence-corrected chi connectivity index (χ0v) is 12.2. The summed E-state index contributed by atoms with van der Waals surface area (Å²) in [6, 6.07) is 7.24. The summed E-state index contributed by atoms with van der Waals surface area (Å²) < 4.78 is 14.0. The van der Waals surface area contributed by atoms with Crippen molar-refractivity contribution in [1.29, 1.82) is 0 Å². The summed E-state index contributed by atoms with van der Waals surface area (Å²) in [5, 5.41) is 0. The zero-order valence-electron chi connectivity index (χ0n) is 12.2. The Bertz CT molecular complexity index is 727. The maximum Gasteiger partial charge on any atom is 0.330 e. The number of halogens is 1. The summed E-state index contributed by atoms with van der Waals surface area (Å²) in [4.78, 5) is 29.2. The van der Waals surface area contributed by atoms with E-state index >= 15 is 0 Å². The van der Waals surface area contributed by atoms with Crippen LogP contribution in [-0.2, 0) is 6.54 Å². The largest absolute Gasteiger partial charge is 0.358 e. The average molecular weight is 303 g/mol. The van der Waals surface area contributed by atoms with E-state index in [2.05, 4.69) is 4.98 Å². The van der Waals surface area contributed by atoms with Crippen molar-refractivity contribution in [3.05, 3.63) is 62.6 Å². The molecule has 0 bridgehead atoms. The topological polar surface area (TPSA) is 58.1 Å². The number of nitrogens with one attached hydrogen (secondary N) is 1. The van der Waals surface area contributed by atoms with Crippen molar-refractivity contribution in [2.75, 3.05) is 18.0 Å². The second-order valence-electron chi connectivity index (χ2n) is 5.56. The van der Waals surface area contributed by atoms with Crippen LogP contribution in [0, 0.1) is 5.82 Å². The fourth-order valence-electron chi connectivity index (χ4n) is 2.74. The predicted molar refractivity (Wildman–Crippen MR) is 82.9 cm³/mol. The van der Waals surface area contributed by atoms with Gasteiger partial charge in [-0.1, -0.05) is 12.1 Å². The molecule has 1 fully saturated rings. The number of H-pyrrole nitrogens is 1. The highest BCUT2D eigenvalue weighted by molar-refractivity contribution is 5.37. The first-order valence-electron chi connectivity index (χ1n) is 7.47. The quantitative estimate of drug-likeness (QED) is 0.939. The molecule has 0 unspecified atom stereocenters. The van der Waals surface area contributed by atoms with Gasteiger partial charge < -0.3 is 4.90 Å². The van der Waals surface area contributed by atoms with Crippen LogP contribution in [0.4, 0.5) is 10.2 Å². The van der Waals surface area contributed by atoms with E-state index in [0.29, 0.717) is 11.4 Å². The Morgan fingerprint density at radius 1 is 1.05 bits per heavy atom. The zero-order chi connectivity index (χ0) is 15.5. The molecule has 5 nitrogen and oxygen atoms in total. The van der Waals surface area contributed by atoms with E-state index < -0.39 is 5.69 Å². The fraction of sp³-hybridized carbons (Fsp3) is 0.375. The first kappa shape index (κ1) is 14.6. The van der Waals surface area contributed by atoms with E-state index in [1.807, 2.05) is 4.90 Å². The maximum absolute atomic E-state index is 12.9. The minimum absolute atomic E-state index is 0.134. The lowest BCUT2D eigenvalue weighted by atomic mass is 10.1. The number of hydrogen-bond donors (Lipinski definition) is 1. The Balaban J connectivity index is 1.88. The standard InChI is InChI=1S/C16H18FN3O2/c17-13-6-4-12(5-7-13)11-20-15(21)10-14(18-16(20)22)19-8-2-1-3-9-19/h4-7,10H,1-3,8-9,11H2,(H,18,22). The summed E-state index contributed by atoms with van der Waals surface area (Å²) in [5.41, 5.74) is -0.0641. The molecule has 0 amide bonds. The molecule has 3 rings (SSSR count). The van der Waals surface area contributed by atoms with Crippen molar-refractivity contribution in [2.24, 2.45) is 0 Å². The van der Waals surface area contributed by atoms with Crippen LogP contribution in [0.2, 0.25) is 0 Å². The Labute approximate surface area is 127 Å². The molecule has 22 heavy (non-hydrogen) atoms. The van der Waals surface area contributed by atoms with Gasteiger partial charge in [0.15, 0.2) is 0 Å². The highest BCUT2D eigenvalue weighted by atomic mass is 19.1. The lowest BCUT2D eigenvalue weighted by molar-refractivity contribution is 0.568. The number of aromatic nitrogens is 2. The van der Waals surface area contributed by atoms with Crippen LogP contribution in [0.25, 0.3) is 0 Å². The molecule has 0 radical (unpaired) electrons. The smallest absolute Gasteiger partial charge is 0.330 e. The monoisotopic (exact) mass is 303 g/mol. The Kier molecular flexibility index (Phi) is 4.09. The molecule has 1 aromatic heterocycles. The van der Waals surface area contributed by atoms with Crippen LogP contribution in [0.1, 0.15) is 24.8 Å². The van der Waals surface area contributed by atoms with E-state index in [1.54, 1.807) is 12.1 Å². The molecule has 0 saturated carbocycles. The molecule has 0 aliphatic carbocycles. The number of rotatable bonds is 3. The van der Waals surface area contributed by atoms with Gasteiger partial charge in [0.1, 0.15) is 11.6 Å². The van der Waals surface area contributed by atoms with Crippen molar-refractivity contribution >= 4 is 5.82 Å². The van der Waals surface area contributed by atoms with E-state index in [4.69, 9.17) is 0 Å². The number of aromatic amines is 1. The molecule has 1 saturated heterocycles. The highest BCUT2D eigenvalue weighted by Gasteiger charge is 2.14. The molecule has 2 aromatic rings. The van der Waals surface area contributed by atoms with Crippen LogP contribution in [0.15, 0.2) is 39.9 Å². The van der Waals surface area contributed by atoms with Gasteiger partial charge in [-0.05, 0) is 37.0 Å². The highest BCUT2D eigenvalue weighted by Crippen LogP contribution is 2.14. The second-order valence-corrected chi connectivity index (χ2v) is 5.56. The van der Waals surface area contributed by atoms with Gasteiger partial charge in [-0.25, -0.2) is 9.18 Å². The maximum atomic E-state index is 12.9. The molecule has 2 heterocycles. The third-order valence-corrected chi connectivity index (χ3v) is 3.96. The molecule has 0 atom stereocenters. The Morgan fingerprint density at radius 3 is 2.36 bits per heavy atom.